The van der Waals surface area contributed by atoms with E-state index in [0.717, 1.165) is 12.3 Å². The van der Waals surface area contributed by atoms with Crippen molar-refractivity contribution < 1.29 is 18.3 Å². The fraction of sp³-hybridized carbons (Fsp3) is 0.235. The van der Waals surface area contributed by atoms with Crippen molar-refractivity contribution in [3.05, 3.63) is 51.9 Å². The summed E-state index contributed by atoms with van der Waals surface area (Å²) in [7, 11) is -3.78. The Kier molecular flexibility index (Phi) is 5.49. The number of nitrogens with one attached hydrogen (secondary N) is 1. The van der Waals surface area contributed by atoms with E-state index in [9.17, 15) is 23.1 Å². The molecule has 0 radical (unpaired) electrons. The molecule has 9 nitrogen and oxygen atoms in total. The number of aromatic nitrogens is 2. The van der Waals surface area contributed by atoms with Gasteiger partial charge in [-0.2, -0.15) is 4.31 Å². The second-order valence-electron chi connectivity index (χ2n) is 5.76. The van der Waals surface area contributed by atoms with Gasteiger partial charge in [0, 0.05) is 30.9 Å². The first-order valence-corrected chi connectivity index (χ1v) is 10.7. The van der Waals surface area contributed by atoms with Gasteiger partial charge < -0.3 is 10.4 Å². The van der Waals surface area contributed by atoms with Gasteiger partial charge in [0.25, 0.3) is 11.5 Å². The molecule has 0 aliphatic rings. The van der Waals surface area contributed by atoms with E-state index in [-0.39, 0.29) is 35.0 Å². The van der Waals surface area contributed by atoms with E-state index in [0.29, 0.717) is 4.96 Å². The van der Waals surface area contributed by atoms with Crippen LogP contribution in [-0.2, 0) is 10.0 Å². The van der Waals surface area contributed by atoms with Crippen molar-refractivity contribution in [3.8, 4) is 5.75 Å². The highest BCUT2D eigenvalue weighted by atomic mass is 32.2. The number of phenolic OH excluding ortho intramolecular Hbond substituents is 1. The van der Waals surface area contributed by atoms with E-state index >= 15 is 0 Å². The lowest BCUT2D eigenvalue weighted by Gasteiger charge is -2.19. The van der Waals surface area contributed by atoms with Crippen LogP contribution >= 0.6 is 11.3 Å². The number of thiazole rings is 1. The molecule has 11 heteroatoms. The minimum Gasteiger partial charge on any atom is -0.506 e. The van der Waals surface area contributed by atoms with Gasteiger partial charge in [0.1, 0.15) is 11.3 Å². The minimum absolute atomic E-state index is 0.0765. The number of benzene rings is 1. The lowest BCUT2D eigenvalue weighted by Crippen LogP contribution is -2.30. The van der Waals surface area contributed by atoms with Crippen LogP contribution in [0.25, 0.3) is 4.96 Å². The van der Waals surface area contributed by atoms with Crippen molar-refractivity contribution in [2.75, 3.05) is 18.4 Å². The number of fused-ring (bicyclic) bond motifs is 1. The number of carbonyl (C=O) groups is 1. The van der Waals surface area contributed by atoms with Crippen LogP contribution in [0, 0.1) is 0 Å². The highest BCUT2D eigenvalue weighted by Gasteiger charge is 2.23. The van der Waals surface area contributed by atoms with E-state index < -0.39 is 21.5 Å². The molecule has 0 fully saturated rings. The van der Waals surface area contributed by atoms with Crippen molar-refractivity contribution in [3.63, 3.8) is 0 Å². The summed E-state index contributed by atoms with van der Waals surface area (Å²) in [6.45, 7) is 3.99. The van der Waals surface area contributed by atoms with E-state index in [1.54, 1.807) is 19.2 Å². The molecule has 3 aromatic rings. The number of sulfonamides is 1. The van der Waals surface area contributed by atoms with Gasteiger partial charge in [-0.3, -0.25) is 14.0 Å². The lowest BCUT2D eigenvalue weighted by molar-refractivity contribution is 0.102. The SMILES string of the molecule is CCN(CC)S(=O)(=O)c1ccc(O)c(NC(=O)c2cnc3sccn3c2=O)c1. The van der Waals surface area contributed by atoms with Crippen LogP contribution in [0.5, 0.6) is 5.75 Å². The summed E-state index contributed by atoms with van der Waals surface area (Å²) in [6, 6.07) is 3.60. The number of carbonyl (C=O) groups excluding carboxylic acids is 1. The van der Waals surface area contributed by atoms with E-state index in [1.165, 1.54) is 38.4 Å². The second-order valence-corrected chi connectivity index (χ2v) is 8.57. The normalized spacial score (nSPS) is 11.8. The topological polar surface area (TPSA) is 121 Å². The summed E-state index contributed by atoms with van der Waals surface area (Å²) in [4.78, 5) is 29.3. The molecule has 1 aromatic carbocycles. The van der Waals surface area contributed by atoms with E-state index in [4.69, 9.17) is 0 Å². The number of amides is 1. The third-order valence-corrected chi connectivity index (χ3v) is 6.96. The Hall–Kier alpha value is -2.76. The quantitative estimate of drug-likeness (QED) is 0.584. The second kappa shape index (κ2) is 7.70. The molecule has 0 aliphatic heterocycles. The number of hydrogen-bond donors (Lipinski definition) is 2. The first-order valence-electron chi connectivity index (χ1n) is 8.39. The molecule has 28 heavy (non-hydrogen) atoms. The largest absolute Gasteiger partial charge is 0.506 e. The summed E-state index contributed by atoms with van der Waals surface area (Å²) < 4.78 is 27.8. The molecule has 0 aliphatic carbocycles. The molecular formula is C17H18N4O5S2. The molecule has 2 N–H and O–H groups in total. The summed E-state index contributed by atoms with van der Waals surface area (Å²) in [5.74, 6) is -1.12. The van der Waals surface area contributed by atoms with Crippen molar-refractivity contribution >= 4 is 37.9 Å². The fourth-order valence-corrected chi connectivity index (χ4v) is 4.82. The van der Waals surface area contributed by atoms with Gasteiger partial charge in [-0.05, 0) is 18.2 Å². The van der Waals surface area contributed by atoms with Crippen LogP contribution < -0.4 is 10.9 Å². The Labute approximate surface area is 164 Å². The van der Waals surface area contributed by atoms with Gasteiger partial charge in [0.2, 0.25) is 10.0 Å². The van der Waals surface area contributed by atoms with Crippen molar-refractivity contribution in [2.45, 2.75) is 18.7 Å². The summed E-state index contributed by atoms with van der Waals surface area (Å²) in [5.41, 5.74) is -0.907. The predicted molar refractivity (Wildman–Crippen MR) is 106 cm³/mol. The Balaban J connectivity index is 1.97. The number of phenols is 1. The van der Waals surface area contributed by atoms with Gasteiger partial charge in [-0.1, -0.05) is 13.8 Å². The Morgan fingerprint density at radius 2 is 2.04 bits per heavy atom. The summed E-state index contributed by atoms with van der Waals surface area (Å²) >= 11 is 1.25. The van der Waals surface area contributed by atoms with Crippen LogP contribution in [0.15, 0.2) is 45.7 Å². The van der Waals surface area contributed by atoms with Crippen LogP contribution in [0.1, 0.15) is 24.2 Å². The monoisotopic (exact) mass is 422 g/mol. The van der Waals surface area contributed by atoms with Gasteiger partial charge >= 0.3 is 0 Å². The molecule has 3 rings (SSSR count). The third-order valence-electron chi connectivity index (χ3n) is 4.15. The Bertz CT molecular complexity index is 1200. The fourth-order valence-electron chi connectivity index (χ4n) is 2.66. The van der Waals surface area contributed by atoms with Crippen molar-refractivity contribution in [2.24, 2.45) is 0 Å². The van der Waals surface area contributed by atoms with Crippen LogP contribution in [-0.4, -0.2) is 46.2 Å². The molecule has 0 saturated heterocycles. The molecule has 0 bridgehead atoms. The minimum atomic E-state index is -3.78. The number of anilines is 1. The summed E-state index contributed by atoms with van der Waals surface area (Å²) in [6.07, 6.45) is 2.65. The van der Waals surface area contributed by atoms with E-state index in [1.807, 2.05) is 0 Å². The molecule has 1 amide bonds. The average molecular weight is 422 g/mol. The van der Waals surface area contributed by atoms with Crippen molar-refractivity contribution in [1.82, 2.24) is 13.7 Å². The number of hydrogen-bond acceptors (Lipinski definition) is 7. The molecule has 148 valence electrons. The van der Waals surface area contributed by atoms with Crippen LogP contribution in [0.2, 0.25) is 0 Å². The maximum Gasteiger partial charge on any atom is 0.271 e. The van der Waals surface area contributed by atoms with Crippen LogP contribution in [0.3, 0.4) is 0 Å². The average Bonchev–Trinajstić information content (AvgIpc) is 3.14. The maximum absolute atomic E-state index is 12.7. The predicted octanol–water partition coefficient (Wildman–Crippen LogP) is 1.74. The lowest BCUT2D eigenvalue weighted by atomic mass is 10.2. The number of rotatable bonds is 6. The van der Waals surface area contributed by atoms with Crippen molar-refractivity contribution in [1.29, 1.82) is 0 Å². The summed E-state index contributed by atoms with van der Waals surface area (Å²) in [5, 5.41) is 14.1. The highest BCUT2D eigenvalue weighted by molar-refractivity contribution is 7.89. The molecule has 0 atom stereocenters. The molecule has 0 spiro atoms. The van der Waals surface area contributed by atoms with Gasteiger partial charge in [0.05, 0.1) is 10.6 Å². The molecule has 0 saturated carbocycles. The molecular weight excluding hydrogens is 404 g/mol. The number of nitrogens with zero attached hydrogens (tertiary/aromatic N) is 3. The van der Waals surface area contributed by atoms with Gasteiger partial charge in [0.15, 0.2) is 4.96 Å². The Morgan fingerprint density at radius 3 is 2.71 bits per heavy atom. The molecule has 0 unspecified atom stereocenters. The van der Waals surface area contributed by atoms with E-state index in [2.05, 4.69) is 10.3 Å². The molecule has 2 aromatic heterocycles. The highest BCUT2D eigenvalue weighted by Crippen LogP contribution is 2.28. The maximum atomic E-state index is 12.7. The first kappa shape index (κ1) is 20.0. The number of aromatic hydroxyl groups is 1. The smallest absolute Gasteiger partial charge is 0.271 e. The third kappa shape index (κ3) is 3.51. The Morgan fingerprint density at radius 1 is 1.32 bits per heavy atom. The zero-order chi connectivity index (χ0) is 20.5. The first-order chi connectivity index (χ1) is 13.3. The van der Waals surface area contributed by atoms with Gasteiger partial charge in [-0.15, -0.1) is 11.3 Å². The zero-order valence-corrected chi connectivity index (χ0v) is 16.7. The molecule has 2 heterocycles. The standard InChI is InChI=1S/C17H18N4O5S2/c1-3-20(4-2)28(25,26)11-5-6-14(22)13(9-11)19-15(23)12-10-18-17-21(16(12)24)7-8-27-17/h5-10,22H,3-4H2,1-2H3,(H,19,23). The van der Waals surface area contributed by atoms with Gasteiger partial charge in [-0.25, -0.2) is 13.4 Å². The van der Waals surface area contributed by atoms with Crippen LogP contribution in [0.4, 0.5) is 5.69 Å². The zero-order valence-electron chi connectivity index (χ0n) is 15.1.